The highest BCUT2D eigenvalue weighted by atomic mass is 19.1. The molecule has 1 aromatic rings. The van der Waals surface area contributed by atoms with Crippen molar-refractivity contribution in [1.29, 1.82) is 0 Å². The molecule has 0 atom stereocenters. The molecule has 100 valence electrons. The molecule has 0 unspecified atom stereocenters. The topological polar surface area (TPSA) is 35.5 Å². The first-order valence-corrected chi connectivity index (χ1v) is 6.54. The second-order valence-electron chi connectivity index (χ2n) is 4.94. The molecule has 0 spiro atoms. The summed E-state index contributed by atoms with van der Waals surface area (Å²) in [5, 5.41) is 12.1. The van der Waals surface area contributed by atoms with Crippen LogP contribution in [0, 0.1) is 5.82 Å². The van der Waals surface area contributed by atoms with E-state index in [4.69, 9.17) is 5.11 Å². The molecule has 1 saturated carbocycles. The zero-order valence-corrected chi connectivity index (χ0v) is 10.8. The van der Waals surface area contributed by atoms with E-state index in [1.165, 1.54) is 12.8 Å². The van der Waals surface area contributed by atoms with Gasteiger partial charge >= 0.3 is 0 Å². The lowest BCUT2D eigenvalue weighted by Crippen LogP contribution is -2.21. The lowest BCUT2D eigenvalue weighted by molar-refractivity contribution is 0.290. The van der Waals surface area contributed by atoms with Crippen molar-refractivity contribution in [2.24, 2.45) is 0 Å². The van der Waals surface area contributed by atoms with Crippen molar-refractivity contribution in [1.82, 2.24) is 5.32 Å². The van der Waals surface area contributed by atoms with Crippen LogP contribution in [0.25, 0.3) is 0 Å². The van der Waals surface area contributed by atoms with E-state index >= 15 is 0 Å². The summed E-state index contributed by atoms with van der Waals surface area (Å²) in [5.41, 5.74) is 1.58. The van der Waals surface area contributed by atoms with Crippen LogP contribution < -0.4 is 10.2 Å². The molecule has 0 saturated heterocycles. The zero-order valence-electron chi connectivity index (χ0n) is 10.8. The fourth-order valence-corrected chi connectivity index (χ4v) is 1.95. The van der Waals surface area contributed by atoms with E-state index < -0.39 is 0 Å². The molecule has 1 aromatic carbocycles. The van der Waals surface area contributed by atoms with Crippen molar-refractivity contribution < 1.29 is 9.50 Å². The molecular weight excluding hydrogens is 231 g/mol. The number of anilines is 1. The minimum atomic E-state index is -0.189. The SMILES string of the molecule is CN(CCCO)c1ccc(CNC2CC2)cc1F. The molecule has 0 aromatic heterocycles. The van der Waals surface area contributed by atoms with Gasteiger partial charge in [0.2, 0.25) is 0 Å². The van der Waals surface area contributed by atoms with Crippen molar-refractivity contribution in [3.8, 4) is 0 Å². The molecule has 2 rings (SSSR count). The van der Waals surface area contributed by atoms with Gasteiger partial charge in [0.1, 0.15) is 5.82 Å². The van der Waals surface area contributed by atoms with E-state index in [-0.39, 0.29) is 12.4 Å². The van der Waals surface area contributed by atoms with Crippen LogP contribution in [0.5, 0.6) is 0 Å². The summed E-state index contributed by atoms with van der Waals surface area (Å²) in [6, 6.07) is 6.01. The van der Waals surface area contributed by atoms with Gasteiger partial charge in [-0.1, -0.05) is 6.07 Å². The molecule has 3 nitrogen and oxygen atoms in total. The maximum Gasteiger partial charge on any atom is 0.146 e. The zero-order chi connectivity index (χ0) is 13.0. The molecule has 4 heteroatoms. The number of nitrogens with one attached hydrogen (secondary N) is 1. The number of aliphatic hydroxyl groups is 1. The van der Waals surface area contributed by atoms with Gasteiger partial charge < -0.3 is 15.3 Å². The van der Waals surface area contributed by atoms with Crippen LogP contribution in [0.3, 0.4) is 0 Å². The third kappa shape index (κ3) is 3.68. The summed E-state index contributed by atoms with van der Waals surface area (Å²) < 4.78 is 13.9. The van der Waals surface area contributed by atoms with Crippen LogP contribution in [-0.4, -0.2) is 31.3 Å². The first kappa shape index (κ1) is 13.3. The fraction of sp³-hybridized carbons (Fsp3) is 0.571. The van der Waals surface area contributed by atoms with Crippen molar-refractivity contribution in [3.63, 3.8) is 0 Å². The van der Waals surface area contributed by atoms with Crippen LogP contribution in [0.15, 0.2) is 18.2 Å². The van der Waals surface area contributed by atoms with Gasteiger partial charge in [-0.05, 0) is 37.0 Å². The molecule has 1 aliphatic carbocycles. The van der Waals surface area contributed by atoms with E-state index in [9.17, 15) is 4.39 Å². The van der Waals surface area contributed by atoms with Gasteiger partial charge in [0.25, 0.3) is 0 Å². The van der Waals surface area contributed by atoms with E-state index in [0.29, 0.717) is 24.7 Å². The molecule has 2 N–H and O–H groups in total. The largest absolute Gasteiger partial charge is 0.396 e. The lowest BCUT2D eigenvalue weighted by Gasteiger charge is -2.20. The third-order valence-corrected chi connectivity index (χ3v) is 3.25. The van der Waals surface area contributed by atoms with Crippen LogP contribution >= 0.6 is 0 Å². The summed E-state index contributed by atoms with van der Waals surface area (Å²) in [6.07, 6.45) is 3.13. The Morgan fingerprint density at radius 2 is 2.22 bits per heavy atom. The van der Waals surface area contributed by atoms with Crippen molar-refractivity contribution in [2.45, 2.75) is 31.8 Å². The molecule has 0 amide bonds. The Labute approximate surface area is 108 Å². The van der Waals surface area contributed by atoms with Gasteiger partial charge in [-0.15, -0.1) is 0 Å². The maximum atomic E-state index is 13.9. The molecule has 0 aliphatic heterocycles. The number of rotatable bonds is 7. The molecule has 0 bridgehead atoms. The van der Waals surface area contributed by atoms with Crippen molar-refractivity contribution in [2.75, 3.05) is 25.1 Å². The van der Waals surface area contributed by atoms with Crippen molar-refractivity contribution in [3.05, 3.63) is 29.6 Å². The first-order chi connectivity index (χ1) is 8.70. The second-order valence-corrected chi connectivity index (χ2v) is 4.94. The molecule has 0 radical (unpaired) electrons. The molecule has 1 fully saturated rings. The number of hydrogen-bond acceptors (Lipinski definition) is 3. The van der Waals surface area contributed by atoms with Crippen LogP contribution in [-0.2, 0) is 6.54 Å². The summed E-state index contributed by atoms with van der Waals surface area (Å²) >= 11 is 0. The summed E-state index contributed by atoms with van der Waals surface area (Å²) in [4.78, 5) is 1.84. The van der Waals surface area contributed by atoms with Crippen LogP contribution in [0.2, 0.25) is 0 Å². The Morgan fingerprint density at radius 1 is 1.44 bits per heavy atom. The van der Waals surface area contributed by atoms with Crippen LogP contribution in [0.1, 0.15) is 24.8 Å². The van der Waals surface area contributed by atoms with Gasteiger partial charge in [-0.25, -0.2) is 4.39 Å². The van der Waals surface area contributed by atoms with E-state index in [0.717, 1.165) is 12.1 Å². The van der Waals surface area contributed by atoms with Gasteiger partial charge in [0, 0.05) is 32.8 Å². The summed E-state index contributed by atoms with van der Waals surface area (Å²) in [7, 11) is 1.84. The number of halogens is 1. The van der Waals surface area contributed by atoms with E-state index in [2.05, 4.69) is 5.32 Å². The third-order valence-electron chi connectivity index (χ3n) is 3.25. The number of hydrogen-bond donors (Lipinski definition) is 2. The molecular formula is C14H21FN2O. The summed E-state index contributed by atoms with van der Waals surface area (Å²) in [6.45, 7) is 1.53. The smallest absolute Gasteiger partial charge is 0.146 e. The second kappa shape index (κ2) is 6.16. The monoisotopic (exact) mass is 252 g/mol. The van der Waals surface area contributed by atoms with Gasteiger partial charge in [0.15, 0.2) is 0 Å². The Morgan fingerprint density at radius 3 is 2.83 bits per heavy atom. The number of aliphatic hydroxyl groups excluding tert-OH is 1. The molecule has 1 aliphatic rings. The Kier molecular flexibility index (Phi) is 4.55. The Bertz CT molecular complexity index is 393. The van der Waals surface area contributed by atoms with Gasteiger partial charge in [0.05, 0.1) is 5.69 Å². The average Bonchev–Trinajstić information content (AvgIpc) is 3.17. The minimum Gasteiger partial charge on any atom is -0.396 e. The van der Waals surface area contributed by atoms with Crippen LogP contribution in [0.4, 0.5) is 10.1 Å². The Hall–Kier alpha value is -1.13. The van der Waals surface area contributed by atoms with E-state index in [1.54, 1.807) is 6.07 Å². The highest BCUT2D eigenvalue weighted by Crippen LogP contribution is 2.22. The quantitative estimate of drug-likeness (QED) is 0.778. The average molecular weight is 252 g/mol. The predicted molar refractivity (Wildman–Crippen MR) is 71.2 cm³/mol. The minimum absolute atomic E-state index is 0.134. The number of benzene rings is 1. The number of nitrogens with zero attached hydrogens (tertiary/aromatic N) is 1. The highest BCUT2D eigenvalue weighted by Gasteiger charge is 2.20. The highest BCUT2D eigenvalue weighted by molar-refractivity contribution is 5.48. The van der Waals surface area contributed by atoms with E-state index in [1.807, 2.05) is 24.1 Å². The summed E-state index contributed by atoms with van der Waals surface area (Å²) in [5.74, 6) is -0.189. The lowest BCUT2D eigenvalue weighted by atomic mass is 10.2. The molecule has 18 heavy (non-hydrogen) atoms. The predicted octanol–water partition coefficient (Wildman–Crippen LogP) is 1.90. The fourth-order valence-electron chi connectivity index (χ4n) is 1.95. The molecule has 0 heterocycles. The van der Waals surface area contributed by atoms with Crippen molar-refractivity contribution >= 4 is 5.69 Å². The normalized spacial score (nSPS) is 14.8. The Balaban J connectivity index is 1.94. The first-order valence-electron chi connectivity index (χ1n) is 6.54. The standard InChI is InChI=1S/C14H21FN2O/c1-17(7-2-8-18)14-6-3-11(9-13(14)15)10-16-12-4-5-12/h3,6,9,12,16,18H,2,4-5,7-8,10H2,1H3. The maximum absolute atomic E-state index is 13.9. The van der Waals surface area contributed by atoms with Gasteiger partial charge in [-0.2, -0.15) is 0 Å². The van der Waals surface area contributed by atoms with Gasteiger partial charge in [-0.3, -0.25) is 0 Å².